The van der Waals surface area contributed by atoms with Gasteiger partial charge in [-0.05, 0) is 32.2 Å². The highest BCUT2D eigenvalue weighted by atomic mass is 15.3. The van der Waals surface area contributed by atoms with Crippen molar-refractivity contribution in [1.29, 1.82) is 0 Å². The van der Waals surface area contributed by atoms with Gasteiger partial charge >= 0.3 is 0 Å². The summed E-state index contributed by atoms with van der Waals surface area (Å²) >= 11 is 0. The van der Waals surface area contributed by atoms with Crippen molar-refractivity contribution in [2.24, 2.45) is 7.05 Å². The lowest BCUT2D eigenvalue weighted by Gasteiger charge is -2.17. The molecule has 1 heterocycles. The van der Waals surface area contributed by atoms with Crippen LogP contribution in [0.1, 0.15) is 57.7 Å². The Bertz CT molecular complexity index is 449. The monoisotopic (exact) mass is 261 g/mol. The molecule has 1 aliphatic carbocycles. The van der Waals surface area contributed by atoms with E-state index in [1.54, 1.807) is 5.57 Å². The van der Waals surface area contributed by atoms with E-state index < -0.39 is 0 Å². The lowest BCUT2D eigenvalue weighted by atomic mass is 9.89. The number of aromatic nitrogens is 2. The van der Waals surface area contributed by atoms with E-state index in [1.165, 1.54) is 36.9 Å². The van der Waals surface area contributed by atoms with Crippen LogP contribution in [0.25, 0.3) is 0 Å². The van der Waals surface area contributed by atoms with Gasteiger partial charge in [0.15, 0.2) is 0 Å². The van der Waals surface area contributed by atoms with Gasteiger partial charge in [0.05, 0.1) is 5.69 Å². The lowest BCUT2D eigenvalue weighted by molar-refractivity contribution is 0.543. The van der Waals surface area contributed by atoms with E-state index in [0.717, 1.165) is 13.1 Å². The van der Waals surface area contributed by atoms with Gasteiger partial charge in [-0.15, -0.1) is 0 Å². The average molecular weight is 261 g/mol. The van der Waals surface area contributed by atoms with Crippen molar-refractivity contribution in [3.63, 3.8) is 0 Å². The molecule has 0 bridgehead atoms. The molecule has 1 aromatic rings. The van der Waals surface area contributed by atoms with Crippen LogP contribution in [0.2, 0.25) is 0 Å². The second kappa shape index (κ2) is 5.91. The molecule has 0 saturated carbocycles. The molecule has 0 spiro atoms. The van der Waals surface area contributed by atoms with Crippen molar-refractivity contribution in [2.45, 2.75) is 58.4 Å². The summed E-state index contributed by atoms with van der Waals surface area (Å²) < 4.78 is 1.93. The molecular weight excluding hydrogens is 234 g/mol. The van der Waals surface area contributed by atoms with Crippen molar-refractivity contribution in [3.8, 4) is 0 Å². The summed E-state index contributed by atoms with van der Waals surface area (Å²) in [6.45, 7) is 8.67. The van der Waals surface area contributed by atoms with Gasteiger partial charge in [0.1, 0.15) is 0 Å². The highest BCUT2D eigenvalue weighted by Crippen LogP contribution is 2.24. The van der Waals surface area contributed by atoms with Crippen LogP contribution in [0.4, 0.5) is 0 Å². The molecule has 0 radical (unpaired) electrons. The maximum absolute atomic E-state index is 4.60. The number of hydrogen-bond acceptors (Lipinski definition) is 2. The Labute approximate surface area is 117 Å². The Morgan fingerprint density at radius 3 is 2.79 bits per heavy atom. The topological polar surface area (TPSA) is 29.9 Å². The summed E-state index contributed by atoms with van der Waals surface area (Å²) in [5, 5.41) is 8.16. The van der Waals surface area contributed by atoms with E-state index >= 15 is 0 Å². The van der Waals surface area contributed by atoms with E-state index in [2.05, 4.69) is 43.5 Å². The summed E-state index contributed by atoms with van der Waals surface area (Å²) in [5.74, 6) is 0. The molecule has 2 rings (SSSR count). The van der Waals surface area contributed by atoms with Crippen molar-refractivity contribution in [1.82, 2.24) is 15.1 Å². The molecule has 106 valence electrons. The van der Waals surface area contributed by atoms with Crippen LogP contribution in [-0.4, -0.2) is 16.3 Å². The van der Waals surface area contributed by atoms with Crippen molar-refractivity contribution in [2.75, 3.05) is 6.54 Å². The largest absolute Gasteiger partial charge is 0.312 e. The molecule has 0 unspecified atom stereocenters. The molecule has 0 aliphatic heterocycles. The van der Waals surface area contributed by atoms with Gasteiger partial charge in [-0.3, -0.25) is 4.68 Å². The number of nitrogens with zero attached hydrogens (tertiary/aromatic N) is 2. The zero-order valence-corrected chi connectivity index (χ0v) is 12.8. The number of allylic oxidation sites excluding steroid dienone is 1. The minimum Gasteiger partial charge on any atom is -0.312 e. The average Bonchev–Trinajstić information content (AvgIpc) is 2.93. The molecule has 0 fully saturated rings. The van der Waals surface area contributed by atoms with Crippen molar-refractivity contribution in [3.05, 3.63) is 29.1 Å². The summed E-state index contributed by atoms with van der Waals surface area (Å²) in [6, 6.07) is 0. The maximum Gasteiger partial charge on any atom is 0.0722 e. The molecule has 19 heavy (non-hydrogen) atoms. The Balaban J connectivity index is 1.85. The molecule has 0 amide bonds. The fourth-order valence-electron chi connectivity index (χ4n) is 2.73. The maximum atomic E-state index is 4.60. The first-order valence-corrected chi connectivity index (χ1v) is 7.38. The Morgan fingerprint density at radius 2 is 2.16 bits per heavy atom. The second-order valence-corrected chi connectivity index (χ2v) is 6.61. The lowest BCUT2D eigenvalue weighted by Crippen LogP contribution is -2.20. The highest BCUT2D eigenvalue weighted by Gasteiger charge is 2.21. The van der Waals surface area contributed by atoms with Crippen molar-refractivity contribution >= 4 is 0 Å². The standard InChI is InChI=1S/C16H27N3/c1-16(2,3)15-14(12-19(4)18-15)11-17-10-9-13-7-5-6-8-13/h7,12,17H,5-6,8-11H2,1-4H3. The third-order valence-corrected chi connectivity index (χ3v) is 3.69. The summed E-state index contributed by atoms with van der Waals surface area (Å²) in [5.41, 5.74) is 4.29. The number of hydrogen-bond donors (Lipinski definition) is 1. The summed E-state index contributed by atoms with van der Waals surface area (Å²) in [6.07, 6.45) is 9.69. The molecule has 0 aromatic carbocycles. The summed E-state index contributed by atoms with van der Waals surface area (Å²) in [4.78, 5) is 0. The van der Waals surface area contributed by atoms with Crippen LogP contribution in [0.3, 0.4) is 0 Å². The molecule has 0 saturated heterocycles. The number of rotatable bonds is 5. The predicted octanol–water partition coefficient (Wildman–Crippen LogP) is 3.31. The van der Waals surface area contributed by atoms with Gasteiger partial charge in [-0.25, -0.2) is 0 Å². The molecule has 3 nitrogen and oxygen atoms in total. The van der Waals surface area contributed by atoms with Crippen LogP contribution in [-0.2, 0) is 19.0 Å². The van der Waals surface area contributed by atoms with Crippen LogP contribution >= 0.6 is 0 Å². The first-order valence-electron chi connectivity index (χ1n) is 7.38. The normalized spacial score (nSPS) is 15.9. The fourth-order valence-corrected chi connectivity index (χ4v) is 2.73. The SMILES string of the molecule is Cn1cc(CNCCC2=CCCC2)c(C(C)(C)C)n1. The Morgan fingerprint density at radius 1 is 1.37 bits per heavy atom. The highest BCUT2D eigenvalue weighted by molar-refractivity contribution is 5.23. The fraction of sp³-hybridized carbons (Fsp3) is 0.688. The van der Waals surface area contributed by atoms with Gasteiger partial charge in [-0.1, -0.05) is 32.4 Å². The molecule has 1 aliphatic rings. The number of aryl methyl sites for hydroxylation is 1. The van der Waals surface area contributed by atoms with E-state index in [1.807, 2.05) is 11.7 Å². The van der Waals surface area contributed by atoms with Crippen LogP contribution < -0.4 is 5.32 Å². The predicted molar refractivity (Wildman–Crippen MR) is 80.2 cm³/mol. The van der Waals surface area contributed by atoms with Crippen LogP contribution in [0, 0.1) is 0 Å². The zero-order chi connectivity index (χ0) is 13.9. The first-order chi connectivity index (χ1) is 8.97. The van der Waals surface area contributed by atoms with Crippen molar-refractivity contribution < 1.29 is 0 Å². The van der Waals surface area contributed by atoms with Gasteiger partial charge in [0.2, 0.25) is 0 Å². The smallest absolute Gasteiger partial charge is 0.0722 e. The minimum absolute atomic E-state index is 0.117. The zero-order valence-electron chi connectivity index (χ0n) is 12.8. The molecule has 0 atom stereocenters. The van der Waals surface area contributed by atoms with E-state index in [4.69, 9.17) is 0 Å². The molecular formula is C16H27N3. The Hall–Kier alpha value is -1.09. The third-order valence-electron chi connectivity index (χ3n) is 3.69. The molecule has 1 N–H and O–H groups in total. The van der Waals surface area contributed by atoms with Gasteiger partial charge in [0, 0.05) is 30.8 Å². The van der Waals surface area contributed by atoms with Gasteiger partial charge < -0.3 is 5.32 Å². The van der Waals surface area contributed by atoms with Crippen LogP contribution in [0.5, 0.6) is 0 Å². The second-order valence-electron chi connectivity index (χ2n) is 6.61. The molecule has 1 aromatic heterocycles. The first kappa shape index (κ1) is 14.3. The molecule has 3 heteroatoms. The summed E-state index contributed by atoms with van der Waals surface area (Å²) in [7, 11) is 2.00. The van der Waals surface area contributed by atoms with E-state index in [-0.39, 0.29) is 5.41 Å². The van der Waals surface area contributed by atoms with E-state index in [9.17, 15) is 0 Å². The quantitative estimate of drug-likeness (QED) is 0.651. The number of nitrogens with one attached hydrogen (secondary N) is 1. The van der Waals surface area contributed by atoms with E-state index in [0.29, 0.717) is 0 Å². The van der Waals surface area contributed by atoms with Gasteiger partial charge in [-0.2, -0.15) is 5.10 Å². The van der Waals surface area contributed by atoms with Gasteiger partial charge in [0.25, 0.3) is 0 Å². The third kappa shape index (κ3) is 3.93. The Kier molecular flexibility index (Phi) is 4.46. The van der Waals surface area contributed by atoms with Crippen LogP contribution in [0.15, 0.2) is 17.8 Å². The minimum atomic E-state index is 0.117.